The molecule has 4 nitrogen and oxygen atoms in total. The molecule has 4 heteroatoms. The summed E-state index contributed by atoms with van der Waals surface area (Å²) in [5.41, 5.74) is 4.79. The highest BCUT2D eigenvalue weighted by molar-refractivity contribution is 5.43. The van der Waals surface area contributed by atoms with Gasteiger partial charge in [0.25, 0.3) is 5.56 Å². The molecule has 21 heavy (non-hydrogen) atoms. The predicted octanol–water partition coefficient (Wildman–Crippen LogP) is 2.72. The standard InChI is InChI=1S/C17H22N2O2/c1-13-5-4-6-15(14(13)2)11-18-16-7-8-17(20)19(12-16)9-10-21-3/h4-8,12,18H,9-11H2,1-3H3. The number of ether oxygens (including phenoxy) is 1. The second-order valence-corrected chi connectivity index (χ2v) is 5.15. The second kappa shape index (κ2) is 7.09. The van der Waals surface area contributed by atoms with E-state index in [1.807, 2.05) is 12.3 Å². The van der Waals surface area contributed by atoms with Crippen molar-refractivity contribution in [3.63, 3.8) is 0 Å². The SMILES string of the molecule is COCCn1cc(NCc2cccc(C)c2C)ccc1=O. The maximum Gasteiger partial charge on any atom is 0.250 e. The minimum absolute atomic E-state index is 0.00987. The molecule has 2 rings (SSSR count). The van der Waals surface area contributed by atoms with Crippen LogP contribution in [0, 0.1) is 13.8 Å². The highest BCUT2D eigenvalue weighted by atomic mass is 16.5. The largest absolute Gasteiger partial charge is 0.383 e. The molecule has 0 aliphatic carbocycles. The van der Waals surface area contributed by atoms with Crippen LogP contribution in [0.4, 0.5) is 5.69 Å². The van der Waals surface area contributed by atoms with Gasteiger partial charge in [0.15, 0.2) is 0 Å². The van der Waals surface area contributed by atoms with Crippen molar-refractivity contribution in [3.8, 4) is 0 Å². The van der Waals surface area contributed by atoms with Gasteiger partial charge in [-0.3, -0.25) is 4.79 Å². The number of benzene rings is 1. The molecule has 0 radical (unpaired) electrons. The first-order valence-corrected chi connectivity index (χ1v) is 7.10. The minimum Gasteiger partial charge on any atom is -0.383 e. The lowest BCUT2D eigenvalue weighted by Gasteiger charge is -2.12. The molecule has 1 N–H and O–H groups in total. The van der Waals surface area contributed by atoms with Crippen molar-refractivity contribution in [1.82, 2.24) is 4.57 Å². The summed E-state index contributed by atoms with van der Waals surface area (Å²) in [7, 11) is 1.63. The maximum absolute atomic E-state index is 11.7. The Balaban J connectivity index is 2.09. The quantitative estimate of drug-likeness (QED) is 0.888. The predicted molar refractivity (Wildman–Crippen MR) is 85.8 cm³/mol. The third-order valence-electron chi connectivity index (χ3n) is 3.72. The first kappa shape index (κ1) is 15.3. The first-order valence-electron chi connectivity index (χ1n) is 7.10. The highest BCUT2D eigenvalue weighted by Gasteiger charge is 2.02. The Morgan fingerprint density at radius 1 is 1.19 bits per heavy atom. The molecular formula is C17H22N2O2. The Morgan fingerprint density at radius 2 is 2.00 bits per heavy atom. The van der Waals surface area contributed by atoms with Gasteiger partial charge in [0.2, 0.25) is 0 Å². The van der Waals surface area contributed by atoms with Crippen molar-refractivity contribution in [3.05, 3.63) is 63.6 Å². The average molecular weight is 286 g/mol. The molecule has 0 atom stereocenters. The maximum atomic E-state index is 11.7. The molecule has 1 heterocycles. The molecule has 0 spiro atoms. The van der Waals surface area contributed by atoms with Crippen LogP contribution in [0.15, 0.2) is 41.3 Å². The first-order chi connectivity index (χ1) is 10.1. The molecule has 1 aromatic carbocycles. The molecule has 1 aromatic heterocycles. The summed E-state index contributed by atoms with van der Waals surface area (Å²) >= 11 is 0. The molecule has 0 saturated heterocycles. The van der Waals surface area contributed by atoms with Crippen LogP contribution in [-0.4, -0.2) is 18.3 Å². The smallest absolute Gasteiger partial charge is 0.250 e. The van der Waals surface area contributed by atoms with Crippen molar-refractivity contribution in [2.45, 2.75) is 26.9 Å². The molecule has 0 saturated carbocycles. The van der Waals surface area contributed by atoms with E-state index in [0.717, 1.165) is 12.2 Å². The third-order valence-corrected chi connectivity index (χ3v) is 3.72. The number of methoxy groups -OCH3 is 1. The summed E-state index contributed by atoms with van der Waals surface area (Å²) < 4.78 is 6.68. The van der Waals surface area contributed by atoms with E-state index < -0.39 is 0 Å². The number of nitrogens with zero attached hydrogens (tertiary/aromatic N) is 1. The fraction of sp³-hybridized carbons (Fsp3) is 0.353. The van der Waals surface area contributed by atoms with Crippen LogP contribution in [0.25, 0.3) is 0 Å². The average Bonchev–Trinajstić information content (AvgIpc) is 2.49. The van der Waals surface area contributed by atoms with Crippen molar-refractivity contribution < 1.29 is 4.74 Å². The summed E-state index contributed by atoms with van der Waals surface area (Å²) in [6.45, 7) is 6.08. The molecule has 0 unspecified atom stereocenters. The van der Waals surface area contributed by atoms with E-state index in [0.29, 0.717) is 13.2 Å². The van der Waals surface area contributed by atoms with E-state index in [-0.39, 0.29) is 5.56 Å². The van der Waals surface area contributed by atoms with Crippen molar-refractivity contribution >= 4 is 5.69 Å². The molecular weight excluding hydrogens is 264 g/mol. The summed E-state index contributed by atoms with van der Waals surface area (Å²) in [4.78, 5) is 11.7. The van der Waals surface area contributed by atoms with Crippen LogP contribution in [0.5, 0.6) is 0 Å². The number of nitrogens with one attached hydrogen (secondary N) is 1. The molecule has 0 aliphatic heterocycles. The van der Waals surface area contributed by atoms with E-state index in [1.54, 1.807) is 17.7 Å². The number of aryl methyl sites for hydroxylation is 1. The zero-order chi connectivity index (χ0) is 15.2. The van der Waals surface area contributed by atoms with Gasteiger partial charge in [0.05, 0.1) is 12.3 Å². The minimum atomic E-state index is -0.00987. The van der Waals surface area contributed by atoms with Gasteiger partial charge in [0.1, 0.15) is 0 Å². The number of aromatic nitrogens is 1. The van der Waals surface area contributed by atoms with Gasteiger partial charge >= 0.3 is 0 Å². The van der Waals surface area contributed by atoms with E-state index in [2.05, 4.69) is 37.4 Å². The van der Waals surface area contributed by atoms with Crippen LogP contribution >= 0.6 is 0 Å². The lowest BCUT2D eigenvalue weighted by atomic mass is 10.0. The van der Waals surface area contributed by atoms with E-state index in [1.165, 1.54) is 16.7 Å². The fourth-order valence-electron chi connectivity index (χ4n) is 2.20. The summed E-state index contributed by atoms with van der Waals surface area (Å²) in [6, 6.07) is 9.71. The summed E-state index contributed by atoms with van der Waals surface area (Å²) in [5, 5.41) is 3.37. The van der Waals surface area contributed by atoms with Gasteiger partial charge in [-0.15, -0.1) is 0 Å². The molecule has 0 bridgehead atoms. The van der Waals surface area contributed by atoms with Crippen LogP contribution in [-0.2, 0) is 17.8 Å². The monoisotopic (exact) mass is 286 g/mol. The van der Waals surface area contributed by atoms with Gasteiger partial charge < -0.3 is 14.6 Å². The summed E-state index contributed by atoms with van der Waals surface area (Å²) in [6.07, 6.45) is 1.84. The van der Waals surface area contributed by atoms with Gasteiger partial charge in [-0.25, -0.2) is 0 Å². The Morgan fingerprint density at radius 3 is 2.76 bits per heavy atom. The molecule has 2 aromatic rings. The zero-order valence-electron chi connectivity index (χ0n) is 12.8. The number of rotatable bonds is 6. The fourth-order valence-corrected chi connectivity index (χ4v) is 2.20. The Kier molecular flexibility index (Phi) is 5.17. The van der Waals surface area contributed by atoms with E-state index in [4.69, 9.17) is 4.74 Å². The topological polar surface area (TPSA) is 43.3 Å². The lowest BCUT2D eigenvalue weighted by molar-refractivity contribution is 0.186. The van der Waals surface area contributed by atoms with E-state index >= 15 is 0 Å². The molecule has 0 aliphatic rings. The third kappa shape index (κ3) is 3.95. The normalized spacial score (nSPS) is 10.6. The number of hydrogen-bond acceptors (Lipinski definition) is 3. The molecule has 0 fully saturated rings. The lowest BCUT2D eigenvalue weighted by Crippen LogP contribution is -2.21. The number of pyridine rings is 1. The van der Waals surface area contributed by atoms with Crippen molar-refractivity contribution in [2.75, 3.05) is 19.0 Å². The Labute approximate surface area is 125 Å². The Bertz CT molecular complexity index is 662. The Hall–Kier alpha value is -2.07. The highest BCUT2D eigenvalue weighted by Crippen LogP contribution is 2.14. The van der Waals surface area contributed by atoms with Gasteiger partial charge in [-0.1, -0.05) is 18.2 Å². The second-order valence-electron chi connectivity index (χ2n) is 5.15. The van der Waals surface area contributed by atoms with Crippen LogP contribution in [0.1, 0.15) is 16.7 Å². The van der Waals surface area contributed by atoms with Crippen LogP contribution in [0.3, 0.4) is 0 Å². The summed E-state index contributed by atoms with van der Waals surface area (Å²) in [5.74, 6) is 0. The number of anilines is 1. The van der Waals surface area contributed by atoms with Crippen LogP contribution in [0.2, 0.25) is 0 Å². The van der Waals surface area contributed by atoms with Gasteiger partial charge in [0, 0.05) is 32.5 Å². The van der Waals surface area contributed by atoms with Crippen molar-refractivity contribution in [2.24, 2.45) is 0 Å². The number of hydrogen-bond donors (Lipinski definition) is 1. The van der Waals surface area contributed by atoms with Gasteiger partial charge in [-0.2, -0.15) is 0 Å². The zero-order valence-corrected chi connectivity index (χ0v) is 12.8. The molecule has 112 valence electrons. The van der Waals surface area contributed by atoms with Gasteiger partial charge in [-0.05, 0) is 36.6 Å². The van der Waals surface area contributed by atoms with Crippen LogP contribution < -0.4 is 10.9 Å². The van der Waals surface area contributed by atoms with Crippen molar-refractivity contribution in [1.29, 1.82) is 0 Å². The van der Waals surface area contributed by atoms with E-state index in [9.17, 15) is 4.79 Å². The molecule has 0 amide bonds.